The molecule has 0 unspecified atom stereocenters. The van der Waals surface area contributed by atoms with Crippen molar-refractivity contribution in [2.45, 2.75) is 97.2 Å². The first-order valence-electron chi connectivity index (χ1n) is 9.49. The largest absolute Gasteiger partial charge is 0.500 e. The van der Waals surface area contributed by atoms with Gasteiger partial charge in [0.05, 0.1) is 6.61 Å². The zero-order valence-electron chi connectivity index (χ0n) is 17.0. The molecule has 0 spiro atoms. The second-order valence-corrected chi connectivity index (χ2v) is 12.8. The molecular formula is C18H36N2O4Si. The summed E-state index contributed by atoms with van der Waals surface area (Å²) in [6.45, 7) is 14.9. The molecule has 0 heterocycles. The minimum atomic E-state index is -2.36. The van der Waals surface area contributed by atoms with Crippen molar-refractivity contribution in [2.75, 3.05) is 6.61 Å². The number of carbonyl (C=O) groups is 2. The Labute approximate surface area is 153 Å². The van der Waals surface area contributed by atoms with E-state index in [1.807, 2.05) is 0 Å². The Kier molecular flexibility index (Phi) is 11.6. The maximum Gasteiger partial charge on any atom is 0.452 e. The molecule has 0 aliphatic heterocycles. The fourth-order valence-electron chi connectivity index (χ4n) is 3.50. The van der Waals surface area contributed by atoms with Crippen molar-refractivity contribution >= 4 is 20.5 Å². The summed E-state index contributed by atoms with van der Waals surface area (Å²) in [7, 11) is -2.36. The maximum atomic E-state index is 12.1. The Balaban J connectivity index is 4.50. The molecule has 25 heavy (non-hydrogen) atoms. The van der Waals surface area contributed by atoms with Gasteiger partial charge in [-0.1, -0.05) is 84.4 Å². The number of azo groups is 1. The molecule has 0 saturated heterocycles. The quantitative estimate of drug-likeness (QED) is 0.238. The van der Waals surface area contributed by atoms with Gasteiger partial charge in [0.15, 0.2) is 0 Å². The van der Waals surface area contributed by atoms with Gasteiger partial charge in [0.2, 0.25) is 0 Å². The average molecular weight is 373 g/mol. The minimum Gasteiger partial charge on any atom is -0.500 e. The van der Waals surface area contributed by atoms with Gasteiger partial charge in [-0.15, -0.1) is 0 Å². The highest BCUT2D eigenvalue weighted by atomic mass is 28.4. The molecule has 0 aliphatic carbocycles. The molecule has 6 nitrogen and oxygen atoms in total. The van der Waals surface area contributed by atoms with Crippen LogP contribution in [0.2, 0.25) is 16.6 Å². The van der Waals surface area contributed by atoms with Crippen molar-refractivity contribution in [2.24, 2.45) is 10.2 Å². The van der Waals surface area contributed by atoms with Crippen molar-refractivity contribution in [3.05, 3.63) is 0 Å². The van der Waals surface area contributed by atoms with Gasteiger partial charge in [-0.25, -0.2) is 9.59 Å². The molecule has 2 amide bonds. The SMILES string of the molecule is CCCCCCCOC(=O)/N=N/C(=O)O[Si](C(C)C)(C(C)C)C(C)C. The van der Waals surface area contributed by atoms with Crippen LogP contribution in [0.4, 0.5) is 9.59 Å². The number of hydrogen-bond acceptors (Lipinski definition) is 4. The maximum absolute atomic E-state index is 12.1. The van der Waals surface area contributed by atoms with Crippen LogP contribution in [0.5, 0.6) is 0 Å². The van der Waals surface area contributed by atoms with Gasteiger partial charge in [-0.3, -0.25) is 0 Å². The van der Waals surface area contributed by atoms with Crippen LogP contribution in [0.1, 0.15) is 80.6 Å². The Morgan fingerprint density at radius 2 is 1.28 bits per heavy atom. The summed E-state index contributed by atoms with van der Waals surface area (Å²) >= 11 is 0. The van der Waals surface area contributed by atoms with E-state index in [1.54, 1.807) is 0 Å². The number of nitrogens with zero attached hydrogens (tertiary/aromatic N) is 2. The lowest BCUT2D eigenvalue weighted by Crippen LogP contribution is -2.48. The lowest BCUT2D eigenvalue weighted by atomic mass is 10.2. The van der Waals surface area contributed by atoms with E-state index in [0.29, 0.717) is 6.61 Å². The number of carbonyl (C=O) groups excluding carboxylic acids is 2. The van der Waals surface area contributed by atoms with Gasteiger partial charge in [-0.2, -0.15) is 0 Å². The molecule has 0 aromatic heterocycles. The zero-order valence-corrected chi connectivity index (χ0v) is 18.0. The van der Waals surface area contributed by atoms with Gasteiger partial charge in [-0.05, 0) is 23.0 Å². The molecule has 0 bridgehead atoms. The molecule has 0 rings (SSSR count). The first-order valence-corrected chi connectivity index (χ1v) is 11.6. The normalized spacial score (nSPS) is 12.4. The number of ether oxygens (including phenoxy) is 1. The molecule has 0 aromatic carbocycles. The molecule has 0 atom stereocenters. The molecule has 146 valence electrons. The van der Waals surface area contributed by atoms with Crippen molar-refractivity contribution in [3.8, 4) is 0 Å². The Morgan fingerprint density at radius 1 is 0.800 bits per heavy atom. The fraction of sp³-hybridized carbons (Fsp3) is 0.889. The smallest absolute Gasteiger partial charge is 0.452 e. The van der Waals surface area contributed by atoms with Crippen LogP contribution in [0.3, 0.4) is 0 Å². The van der Waals surface area contributed by atoms with Crippen LogP contribution in [0.15, 0.2) is 10.2 Å². The number of unbranched alkanes of at least 4 members (excludes halogenated alkanes) is 4. The topological polar surface area (TPSA) is 77.3 Å². The molecule has 0 fully saturated rings. The van der Waals surface area contributed by atoms with E-state index in [-0.39, 0.29) is 16.6 Å². The Bertz CT molecular complexity index is 415. The first-order chi connectivity index (χ1) is 11.7. The molecule has 0 aromatic rings. The zero-order chi connectivity index (χ0) is 19.5. The van der Waals surface area contributed by atoms with Crippen molar-refractivity contribution < 1.29 is 18.8 Å². The van der Waals surface area contributed by atoms with Crippen LogP contribution in [0, 0.1) is 0 Å². The van der Waals surface area contributed by atoms with Gasteiger partial charge in [0.25, 0.3) is 8.32 Å². The highest BCUT2D eigenvalue weighted by Crippen LogP contribution is 2.42. The van der Waals surface area contributed by atoms with Crippen molar-refractivity contribution in [1.82, 2.24) is 0 Å². The summed E-state index contributed by atoms with van der Waals surface area (Å²) in [4.78, 5) is 23.6. The number of rotatable bonds is 10. The summed E-state index contributed by atoms with van der Waals surface area (Å²) in [6, 6.07) is 0. The monoisotopic (exact) mass is 372 g/mol. The third kappa shape index (κ3) is 8.12. The molecule has 0 radical (unpaired) electrons. The molecule has 7 heteroatoms. The predicted molar refractivity (Wildman–Crippen MR) is 102 cm³/mol. The Hall–Kier alpha value is -1.24. The Morgan fingerprint density at radius 3 is 1.76 bits per heavy atom. The molecule has 0 N–H and O–H groups in total. The second-order valence-electron chi connectivity index (χ2n) is 7.41. The molecule has 0 aliphatic rings. The standard InChI is InChI=1S/C18H36N2O4Si/c1-8-9-10-11-12-13-23-17(21)19-20-18(22)24-25(14(2)3,15(4)5)16(6)7/h14-16H,8-13H2,1-7H3/b20-19+. The highest BCUT2D eigenvalue weighted by molar-refractivity contribution is 6.78. The molecule has 0 saturated carbocycles. The third-order valence-electron chi connectivity index (χ3n) is 4.66. The minimum absolute atomic E-state index is 0.252. The van der Waals surface area contributed by atoms with Crippen LogP contribution in [-0.4, -0.2) is 27.1 Å². The van der Waals surface area contributed by atoms with Crippen molar-refractivity contribution in [1.29, 1.82) is 0 Å². The van der Waals surface area contributed by atoms with E-state index in [9.17, 15) is 9.59 Å². The van der Waals surface area contributed by atoms with Crippen LogP contribution < -0.4 is 0 Å². The van der Waals surface area contributed by atoms with E-state index in [0.717, 1.165) is 19.3 Å². The first kappa shape index (κ1) is 23.8. The predicted octanol–water partition coefficient (Wildman–Crippen LogP) is 6.86. The fourth-order valence-corrected chi connectivity index (χ4v) is 8.55. The lowest BCUT2D eigenvalue weighted by Gasteiger charge is -2.40. The lowest BCUT2D eigenvalue weighted by molar-refractivity contribution is 0.151. The third-order valence-corrected chi connectivity index (χ3v) is 10.6. The number of amides is 2. The van der Waals surface area contributed by atoms with Crippen LogP contribution >= 0.6 is 0 Å². The van der Waals surface area contributed by atoms with Gasteiger partial charge >= 0.3 is 12.2 Å². The molecular weight excluding hydrogens is 336 g/mol. The van der Waals surface area contributed by atoms with Gasteiger partial charge in [0.1, 0.15) is 0 Å². The van der Waals surface area contributed by atoms with E-state index in [1.165, 1.54) is 12.8 Å². The second kappa shape index (κ2) is 12.2. The summed E-state index contributed by atoms with van der Waals surface area (Å²) in [5, 5.41) is 6.74. The van der Waals surface area contributed by atoms with Crippen LogP contribution in [0.25, 0.3) is 0 Å². The van der Waals surface area contributed by atoms with E-state index in [4.69, 9.17) is 9.16 Å². The van der Waals surface area contributed by atoms with E-state index in [2.05, 4.69) is 58.7 Å². The average Bonchev–Trinajstić information content (AvgIpc) is 2.52. The van der Waals surface area contributed by atoms with Crippen molar-refractivity contribution in [3.63, 3.8) is 0 Å². The van der Waals surface area contributed by atoms with Gasteiger partial charge in [0, 0.05) is 0 Å². The highest BCUT2D eigenvalue weighted by Gasteiger charge is 2.48. The van der Waals surface area contributed by atoms with E-state index >= 15 is 0 Å². The van der Waals surface area contributed by atoms with Gasteiger partial charge < -0.3 is 9.16 Å². The summed E-state index contributed by atoms with van der Waals surface area (Å²) in [5.41, 5.74) is 0.755. The van der Waals surface area contributed by atoms with Crippen LogP contribution in [-0.2, 0) is 9.16 Å². The van der Waals surface area contributed by atoms with E-state index < -0.39 is 20.5 Å². The summed E-state index contributed by atoms with van der Waals surface area (Å²) < 4.78 is 10.7. The number of hydrogen-bond donors (Lipinski definition) is 0. The summed E-state index contributed by atoms with van der Waals surface area (Å²) in [6.07, 6.45) is 3.69. The summed E-state index contributed by atoms with van der Waals surface area (Å²) in [5.74, 6) is 0.